The summed E-state index contributed by atoms with van der Waals surface area (Å²) in [5, 5.41) is 3.46. The number of hydrogen-bond donors (Lipinski definition) is 1. The van der Waals surface area contributed by atoms with E-state index in [0.717, 1.165) is 6.42 Å². The second-order valence-electron chi connectivity index (χ2n) is 5.87. The van der Waals surface area contributed by atoms with Crippen LogP contribution in [0.1, 0.15) is 22.8 Å². The highest BCUT2D eigenvalue weighted by atomic mass is 35.5. The molecule has 122 valence electrons. The molecule has 2 atom stereocenters. The molecule has 3 nitrogen and oxygen atoms in total. The number of halogens is 1. The quantitative estimate of drug-likeness (QED) is 0.911. The minimum absolute atomic E-state index is 0. The molecule has 0 aliphatic carbocycles. The molecule has 1 N–H and O–H groups in total. The Balaban J connectivity index is 0.00000192. The van der Waals surface area contributed by atoms with E-state index < -0.39 is 0 Å². The number of ether oxygens (including phenoxy) is 1. The number of carbonyl (C=O) groups is 1. The summed E-state index contributed by atoms with van der Waals surface area (Å²) in [5.74, 6) is 0.787. The summed E-state index contributed by atoms with van der Waals surface area (Å²) >= 11 is 0. The van der Waals surface area contributed by atoms with Gasteiger partial charge in [0.05, 0.1) is 18.1 Å². The average Bonchev–Trinajstić information content (AvgIpc) is 2.55. The third-order valence-electron chi connectivity index (χ3n) is 4.06. The molecule has 3 rings (SSSR count). The van der Waals surface area contributed by atoms with Crippen LogP contribution in [-0.2, 0) is 6.42 Å². The number of para-hydroxylation sites is 1. The smallest absolute Gasteiger partial charge is 0.174 e. The molecule has 0 bridgehead atoms. The molecule has 1 heterocycles. The van der Waals surface area contributed by atoms with Gasteiger partial charge in [-0.25, -0.2) is 0 Å². The summed E-state index contributed by atoms with van der Waals surface area (Å²) in [4.78, 5) is 12.5. The van der Waals surface area contributed by atoms with Gasteiger partial charge in [0.25, 0.3) is 0 Å². The van der Waals surface area contributed by atoms with Crippen molar-refractivity contribution in [2.24, 2.45) is 5.92 Å². The zero-order valence-corrected chi connectivity index (χ0v) is 14.0. The Hall–Kier alpha value is -1.84. The zero-order chi connectivity index (χ0) is 15.4. The normalized spacial score (nSPS) is 17.6. The molecule has 2 aromatic rings. The van der Waals surface area contributed by atoms with E-state index in [1.807, 2.05) is 30.3 Å². The van der Waals surface area contributed by atoms with Gasteiger partial charge in [0, 0.05) is 12.6 Å². The molecule has 1 aliphatic heterocycles. The van der Waals surface area contributed by atoms with Gasteiger partial charge >= 0.3 is 0 Å². The first kappa shape index (κ1) is 17.5. The lowest BCUT2D eigenvalue weighted by atomic mass is 9.94. The average molecular weight is 332 g/mol. The fourth-order valence-corrected chi connectivity index (χ4v) is 2.82. The molecule has 23 heavy (non-hydrogen) atoms. The number of fused-ring (bicyclic) bond motifs is 1. The van der Waals surface area contributed by atoms with E-state index in [2.05, 4.69) is 36.5 Å². The van der Waals surface area contributed by atoms with Crippen molar-refractivity contribution in [2.45, 2.75) is 19.4 Å². The Bertz CT molecular complexity index is 645. The standard InChI is InChI=1S/C19H21NO2.ClH/c1-14(11-15-7-3-2-4-8-15)20-12-16-13-22-18-10-6-5-9-17(18)19(16)21;/h2-10,14,16,20H,11-13H2,1H3;1H. The minimum atomic E-state index is -0.104. The van der Waals surface area contributed by atoms with Gasteiger partial charge in [-0.05, 0) is 31.0 Å². The summed E-state index contributed by atoms with van der Waals surface area (Å²) in [6.07, 6.45) is 0.958. The maximum atomic E-state index is 12.5. The van der Waals surface area contributed by atoms with Crippen LogP contribution in [0.2, 0.25) is 0 Å². The second kappa shape index (κ2) is 8.14. The van der Waals surface area contributed by atoms with Crippen LogP contribution in [0, 0.1) is 5.92 Å². The van der Waals surface area contributed by atoms with Gasteiger partial charge in [-0.2, -0.15) is 0 Å². The van der Waals surface area contributed by atoms with E-state index in [9.17, 15) is 4.79 Å². The number of hydrogen-bond acceptors (Lipinski definition) is 3. The maximum Gasteiger partial charge on any atom is 0.174 e. The highest BCUT2D eigenvalue weighted by Crippen LogP contribution is 2.26. The van der Waals surface area contributed by atoms with Gasteiger partial charge in [0.1, 0.15) is 5.75 Å². The van der Waals surface area contributed by atoms with Crippen LogP contribution >= 0.6 is 12.4 Å². The van der Waals surface area contributed by atoms with Crippen LogP contribution in [0.15, 0.2) is 54.6 Å². The molecule has 0 saturated heterocycles. The van der Waals surface area contributed by atoms with E-state index >= 15 is 0 Å². The molecule has 1 aliphatic rings. The van der Waals surface area contributed by atoms with Crippen LogP contribution in [0.4, 0.5) is 0 Å². The third kappa shape index (κ3) is 4.34. The number of rotatable bonds is 5. The first-order chi connectivity index (χ1) is 10.7. The molecule has 2 unspecified atom stereocenters. The summed E-state index contributed by atoms with van der Waals surface area (Å²) in [7, 11) is 0. The van der Waals surface area contributed by atoms with E-state index in [0.29, 0.717) is 30.5 Å². The predicted octanol–water partition coefficient (Wildman–Crippen LogP) is 3.52. The van der Waals surface area contributed by atoms with Gasteiger partial charge in [-0.3, -0.25) is 4.79 Å². The number of Topliss-reactive ketones (excluding diaryl/α,β-unsaturated/α-hetero) is 1. The van der Waals surface area contributed by atoms with Gasteiger partial charge in [0.2, 0.25) is 0 Å². The molecule has 2 aromatic carbocycles. The molecule has 0 aromatic heterocycles. The molecule has 4 heteroatoms. The monoisotopic (exact) mass is 331 g/mol. The van der Waals surface area contributed by atoms with Crippen molar-refractivity contribution in [1.29, 1.82) is 0 Å². The van der Waals surface area contributed by atoms with Crippen molar-refractivity contribution in [3.05, 3.63) is 65.7 Å². The van der Waals surface area contributed by atoms with E-state index in [4.69, 9.17) is 4.74 Å². The fraction of sp³-hybridized carbons (Fsp3) is 0.316. The number of ketones is 1. The van der Waals surface area contributed by atoms with Gasteiger partial charge in [-0.15, -0.1) is 12.4 Å². The molecule has 0 spiro atoms. The van der Waals surface area contributed by atoms with Crippen LogP contribution in [0.5, 0.6) is 5.75 Å². The summed E-state index contributed by atoms with van der Waals surface area (Å²) in [5.41, 5.74) is 2.01. The summed E-state index contributed by atoms with van der Waals surface area (Å²) in [6, 6.07) is 18.2. The van der Waals surface area contributed by atoms with Crippen LogP contribution in [0.3, 0.4) is 0 Å². The Morgan fingerprint density at radius 2 is 1.83 bits per heavy atom. The van der Waals surface area contributed by atoms with E-state index in [1.165, 1.54) is 5.56 Å². The second-order valence-corrected chi connectivity index (χ2v) is 5.87. The first-order valence-corrected chi connectivity index (χ1v) is 7.77. The lowest BCUT2D eigenvalue weighted by molar-refractivity contribution is 0.0827. The molecule has 0 radical (unpaired) electrons. The maximum absolute atomic E-state index is 12.5. The molecular formula is C19H22ClNO2. The number of carbonyl (C=O) groups excluding carboxylic acids is 1. The number of benzene rings is 2. The molecular weight excluding hydrogens is 310 g/mol. The summed E-state index contributed by atoms with van der Waals surface area (Å²) in [6.45, 7) is 3.26. The Labute approximate surface area is 143 Å². The van der Waals surface area contributed by atoms with Crippen molar-refractivity contribution in [1.82, 2.24) is 5.32 Å². The van der Waals surface area contributed by atoms with Crippen molar-refractivity contribution in [3.63, 3.8) is 0 Å². The largest absolute Gasteiger partial charge is 0.492 e. The first-order valence-electron chi connectivity index (χ1n) is 7.77. The van der Waals surface area contributed by atoms with Crippen molar-refractivity contribution >= 4 is 18.2 Å². The van der Waals surface area contributed by atoms with Gasteiger partial charge in [0.15, 0.2) is 5.78 Å². The fourth-order valence-electron chi connectivity index (χ4n) is 2.82. The summed E-state index contributed by atoms with van der Waals surface area (Å²) < 4.78 is 5.70. The molecule has 0 saturated carbocycles. The third-order valence-corrected chi connectivity index (χ3v) is 4.06. The zero-order valence-electron chi connectivity index (χ0n) is 13.2. The highest BCUT2D eigenvalue weighted by molar-refractivity contribution is 6.01. The Morgan fingerprint density at radius 1 is 1.13 bits per heavy atom. The SMILES string of the molecule is CC(Cc1ccccc1)NCC1COc2ccccc2C1=O.Cl. The van der Waals surface area contributed by atoms with Gasteiger partial charge < -0.3 is 10.1 Å². The lowest BCUT2D eigenvalue weighted by Crippen LogP contribution is -2.40. The van der Waals surface area contributed by atoms with Crippen LogP contribution < -0.4 is 10.1 Å². The Morgan fingerprint density at radius 3 is 2.61 bits per heavy atom. The van der Waals surface area contributed by atoms with Gasteiger partial charge in [-0.1, -0.05) is 42.5 Å². The van der Waals surface area contributed by atoms with Crippen LogP contribution in [-0.4, -0.2) is 25.0 Å². The van der Waals surface area contributed by atoms with Crippen molar-refractivity contribution < 1.29 is 9.53 Å². The Kier molecular flexibility index (Phi) is 6.20. The minimum Gasteiger partial charge on any atom is -0.492 e. The topological polar surface area (TPSA) is 38.3 Å². The lowest BCUT2D eigenvalue weighted by Gasteiger charge is -2.25. The number of nitrogens with one attached hydrogen (secondary N) is 1. The van der Waals surface area contributed by atoms with E-state index in [-0.39, 0.29) is 24.1 Å². The van der Waals surface area contributed by atoms with E-state index in [1.54, 1.807) is 0 Å². The molecule has 0 amide bonds. The van der Waals surface area contributed by atoms with Crippen molar-refractivity contribution in [2.75, 3.05) is 13.2 Å². The highest BCUT2D eigenvalue weighted by Gasteiger charge is 2.28. The predicted molar refractivity (Wildman–Crippen MR) is 94.6 cm³/mol. The molecule has 0 fully saturated rings. The van der Waals surface area contributed by atoms with Crippen molar-refractivity contribution in [3.8, 4) is 5.75 Å². The van der Waals surface area contributed by atoms with Crippen LogP contribution in [0.25, 0.3) is 0 Å².